The highest BCUT2D eigenvalue weighted by molar-refractivity contribution is 5.94. The molecule has 1 fully saturated rings. The maximum Gasteiger partial charge on any atom is 0.243 e. The molecule has 0 saturated carbocycles. The summed E-state index contributed by atoms with van der Waals surface area (Å²) in [5.74, 6) is 0.483. The van der Waals surface area contributed by atoms with Gasteiger partial charge in [0.25, 0.3) is 0 Å². The highest BCUT2D eigenvalue weighted by atomic mass is 16.5. The number of hydrogen-bond acceptors (Lipinski definition) is 4. The van der Waals surface area contributed by atoms with Crippen LogP contribution in [0, 0.1) is 0 Å². The summed E-state index contributed by atoms with van der Waals surface area (Å²) in [5.41, 5.74) is 0.778. The largest absolute Gasteiger partial charge is 0.379 e. The molecule has 0 radical (unpaired) electrons. The lowest BCUT2D eigenvalue weighted by Crippen LogP contribution is -2.41. The van der Waals surface area contributed by atoms with Gasteiger partial charge in [0, 0.05) is 32.5 Å². The van der Waals surface area contributed by atoms with Crippen LogP contribution in [0.15, 0.2) is 35.3 Å². The van der Waals surface area contributed by atoms with Crippen LogP contribution in [0.25, 0.3) is 0 Å². The number of nitrogens with one attached hydrogen (secondary N) is 3. The molecule has 0 aromatic heterocycles. The monoisotopic (exact) mass is 334 g/mol. The second-order valence-corrected chi connectivity index (χ2v) is 5.48. The molecule has 1 aliphatic rings. The Morgan fingerprint density at radius 2 is 2.17 bits per heavy atom. The second kappa shape index (κ2) is 10.6. The third kappa shape index (κ3) is 6.97. The Balaban J connectivity index is 1.55. The van der Waals surface area contributed by atoms with E-state index in [9.17, 15) is 4.79 Å². The molecule has 132 valence electrons. The molecule has 24 heavy (non-hydrogen) atoms. The SMILES string of the molecule is CN=C(NCCCOC1CCOC1)NCC(=O)Nc1ccccc1. The summed E-state index contributed by atoms with van der Waals surface area (Å²) in [7, 11) is 1.68. The minimum atomic E-state index is -0.117. The molecule has 1 atom stereocenters. The summed E-state index contributed by atoms with van der Waals surface area (Å²) >= 11 is 0. The van der Waals surface area contributed by atoms with Gasteiger partial charge in [0.2, 0.25) is 5.91 Å². The van der Waals surface area contributed by atoms with E-state index in [0.717, 1.165) is 31.7 Å². The summed E-state index contributed by atoms with van der Waals surface area (Å²) in [6.07, 6.45) is 2.09. The fourth-order valence-electron chi connectivity index (χ4n) is 2.28. The van der Waals surface area contributed by atoms with Gasteiger partial charge in [-0.15, -0.1) is 0 Å². The van der Waals surface area contributed by atoms with Crippen LogP contribution in [0.1, 0.15) is 12.8 Å². The molecule has 0 spiro atoms. The van der Waals surface area contributed by atoms with Gasteiger partial charge in [0.05, 0.1) is 19.3 Å². The predicted molar refractivity (Wildman–Crippen MR) is 94.2 cm³/mol. The predicted octanol–water partition coefficient (Wildman–Crippen LogP) is 0.986. The smallest absolute Gasteiger partial charge is 0.243 e. The van der Waals surface area contributed by atoms with E-state index in [4.69, 9.17) is 9.47 Å². The number of benzene rings is 1. The fraction of sp³-hybridized carbons (Fsp3) is 0.529. The highest BCUT2D eigenvalue weighted by Gasteiger charge is 2.15. The van der Waals surface area contributed by atoms with Crippen molar-refractivity contribution in [1.82, 2.24) is 10.6 Å². The molecule has 3 N–H and O–H groups in total. The number of carbonyl (C=O) groups is 1. The number of aliphatic imine (C=N–C) groups is 1. The van der Waals surface area contributed by atoms with Gasteiger partial charge in [-0.25, -0.2) is 0 Å². The molecular weight excluding hydrogens is 308 g/mol. The van der Waals surface area contributed by atoms with E-state index in [1.165, 1.54) is 0 Å². The van der Waals surface area contributed by atoms with Crippen molar-refractivity contribution < 1.29 is 14.3 Å². The van der Waals surface area contributed by atoms with Crippen LogP contribution < -0.4 is 16.0 Å². The molecule has 7 heteroatoms. The van der Waals surface area contributed by atoms with Crippen LogP contribution in [0.3, 0.4) is 0 Å². The summed E-state index contributed by atoms with van der Waals surface area (Å²) in [6.45, 7) is 3.07. The summed E-state index contributed by atoms with van der Waals surface area (Å²) < 4.78 is 11.0. The van der Waals surface area contributed by atoms with Crippen LogP contribution in [0.5, 0.6) is 0 Å². The van der Waals surface area contributed by atoms with Crippen molar-refractivity contribution >= 4 is 17.6 Å². The van der Waals surface area contributed by atoms with Crippen molar-refractivity contribution in [3.05, 3.63) is 30.3 Å². The third-order valence-corrected chi connectivity index (χ3v) is 3.55. The molecule has 0 aliphatic carbocycles. The zero-order valence-electron chi connectivity index (χ0n) is 14.1. The van der Waals surface area contributed by atoms with Crippen LogP contribution in [0.4, 0.5) is 5.69 Å². The van der Waals surface area contributed by atoms with E-state index in [1.54, 1.807) is 7.05 Å². The minimum Gasteiger partial charge on any atom is -0.379 e. The van der Waals surface area contributed by atoms with Crippen LogP contribution >= 0.6 is 0 Å². The maximum atomic E-state index is 11.9. The molecule has 1 unspecified atom stereocenters. The first-order chi connectivity index (χ1) is 11.8. The number of ether oxygens (including phenoxy) is 2. The third-order valence-electron chi connectivity index (χ3n) is 3.55. The molecular formula is C17H26N4O3. The van der Waals surface area contributed by atoms with Crippen molar-refractivity contribution in [2.24, 2.45) is 4.99 Å². The van der Waals surface area contributed by atoms with Gasteiger partial charge in [-0.05, 0) is 25.0 Å². The first kappa shape index (κ1) is 18.2. The minimum absolute atomic E-state index is 0.117. The van der Waals surface area contributed by atoms with Crippen molar-refractivity contribution in [3.63, 3.8) is 0 Å². The topological polar surface area (TPSA) is 84.0 Å². The number of hydrogen-bond donors (Lipinski definition) is 3. The van der Waals surface area contributed by atoms with Crippen molar-refractivity contribution in [3.8, 4) is 0 Å². The Morgan fingerprint density at radius 1 is 1.33 bits per heavy atom. The Bertz CT molecular complexity index is 516. The summed E-state index contributed by atoms with van der Waals surface area (Å²) in [5, 5.41) is 8.96. The van der Waals surface area contributed by atoms with Crippen LogP contribution in [-0.2, 0) is 14.3 Å². The van der Waals surface area contributed by atoms with Crippen LogP contribution in [-0.4, -0.2) is 57.9 Å². The molecule has 1 amide bonds. The Hall–Kier alpha value is -2.12. The molecule has 1 aromatic rings. The maximum absolute atomic E-state index is 11.9. The number of anilines is 1. The molecule has 1 heterocycles. The summed E-state index contributed by atoms with van der Waals surface area (Å²) in [4.78, 5) is 16.0. The van der Waals surface area contributed by atoms with E-state index in [1.807, 2.05) is 30.3 Å². The lowest BCUT2D eigenvalue weighted by Gasteiger charge is -2.13. The molecule has 2 rings (SSSR count). The molecule has 1 aromatic carbocycles. The zero-order valence-corrected chi connectivity index (χ0v) is 14.1. The number of para-hydroxylation sites is 1. The first-order valence-electron chi connectivity index (χ1n) is 8.26. The van der Waals surface area contributed by atoms with E-state index in [-0.39, 0.29) is 18.6 Å². The quantitative estimate of drug-likeness (QED) is 0.375. The number of amides is 1. The van der Waals surface area contributed by atoms with E-state index >= 15 is 0 Å². The van der Waals surface area contributed by atoms with Crippen molar-refractivity contribution in [2.45, 2.75) is 18.9 Å². The average molecular weight is 334 g/mol. The van der Waals surface area contributed by atoms with E-state index in [0.29, 0.717) is 19.2 Å². The molecule has 7 nitrogen and oxygen atoms in total. The van der Waals surface area contributed by atoms with Gasteiger partial charge >= 0.3 is 0 Å². The average Bonchev–Trinajstić information content (AvgIpc) is 3.11. The van der Waals surface area contributed by atoms with Crippen molar-refractivity contribution in [1.29, 1.82) is 0 Å². The Labute approximate surface area is 142 Å². The lowest BCUT2D eigenvalue weighted by atomic mass is 10.3. The zero-order chi connectivity index (χ0) is 17.0. The molecule has 1 aliphatic heterocycles. The molecule has 0 bridgehead atoms. The van der Waals surface area contributed by atoms with Crippen LogP contribution in [0.2, 0.25) is 0 Å². The van der Waals surface area contributed by atoms with Gasteiger partial charge in [0.1, 0.15) is 0 Å². The van der Waals surface area contributed by atoms with Gasteiger partial charge in [0.15, 0.2) is 5.96 Å². The summed E-state index contributed by atoms with van der Waals surface area (Å²) in [6, 6.07) is 9.36. The Morgan fingerprint density at radius 3 is 2.88 bits per heavy atom. The van der Waals surface area contributed by atoms with Crippen molar-refractivity contribution in [2.75, 3.05) is 45.3 Å². The van der Waals surface area contributed by atoms with Gasteiger partial charge in [-0.3, -0.25) is 9.79 Å². The normalized spacial score (nSPS) is 17.5. The first-order valence-corrected chi connectivity index (χ1v) is 8.26. The number of nitrogens with zero attached hydrogens (tertiary/aromatic N) is 1. The van der Waals surface area contributed by atoms with Gasteiger partial charge in [-0.1, -0.05) is 18.2 Å². The number of carbonyl (C=O) groups excluding carboxylic acids is 1. The number of rotatable bonds is 8. The van der Waals surface area contributed by atoms with Gasteiger partial charge < -0.3 is 25.4 Å². The molecule has 1 saturated heterocycles. The van der Waals surface area contributed by atoms with Gasteiger partial charge in [-0.2, -0.15) is 0 Å². The lowest BCUT2D eigenvalue weighted by molar-refractivity contribution is -0.115. The fourth-order valence-corrected chi connectivity index (χ4v) is 2.28. The van der Waals surface area contributed by atoms with E-state index < -0.39 is 0 Å². The Kier molecular flexibility index (Phi) is 8.06. The standard InChI is InChI=1S/C17H26N4O3/c1-18-17(19-9-5-10-24-15-8-11-23-13-15)20-12-16(22)21-14-6-3-2-4-7-14/h2-4,6-7,15H,5,8-13H2,1H3,(H,21,22)(H2,18,19,20). The number of guanidine groups is 1. The second-order valence-electron chi connectivity index (χ2n) is 5.48. The highest BCUT2D eigenvalue weighted by Crippen LogP contribution is 2.07. The van der Waals surface area contributed by atoms with E-state index in [2.05, 4.69) is 20.9 Å².